The Balaban J connectivity index is 2.70. The Bertz CT molecular complexity index is 467. The van der Waals surface area contributed by atoms with Gasteiger partial charge in [-0.05, 0) is 19.1 Å². The number of hydrogen-bond acceptors (Lipinski definition) is 1. The summed E-state index contributed by atoms with van der Waals surface area (Å²) in [5.74, 6) is -13.8. The first kappa shape index (κ1) is 12.1. The van der Waals surface area contributed by atoms with Gasteiger partial charge in [-0.1, -0.05) is 11.6 Å². The van der Waals surface area contributed by atoms with Gasteiger partial charge in [0.25, 0.3) is 0 Å². The summed E-state index contributed by atoms with van der Waals surface area (Å²) in [6.45, 7) is 1.77. The molecule has 0 saturated carbocycles. The molecule has 1 unspecified atom stereocenters. The number of hydrogen-bond donors (Lipinski definition) is 0. The standard InChI is InChI=1S/C11H9F5O/c1-6-3-4-8-7(5-6)10(13,14)11(15,16)9(2,12)17-8/h3-5H,1-2H3. The molecule has 1 heterocycles. The number of rotatable bonds is 0. The van der Waals surface area contributed by atoms with E-state index in [0.717, 1.165) is 12.1 Å². The van der Waals surface area contributed by atoms with Gasteiger partial charge in [0.15, 0.2) is 0 Å². The van der Waals surface area contributed by atoms with Crippen molar-refractivity contribution in [1.82, 2.24) is 0 Å². The lowest BCUT2D eigenvalue weighted by Crippen LogP contribution is -2.59. The zero-order chi connectivity index (χ0) is 13.1. The highest BCUT2D eigenvalue weighted by Gasteiger charge is 2.74. The SMILES string of the molecule is Cc1ccc2c(c1)C(F)(F)C(F)(F)C(C)(F)O2. The monoisotopic (exact) mass is 252 g/mol. The van der Waals surface area contributed by atoms with Gasteiger partial charge in [-0.2, -0.15) is 22.0 Å². The van der Waals surface area contributed by atoms with Gasteiger partial charge in [0, 0.05) is 6.92 Å². The molecular formula is C11H9F5O. The fourth-order valence-electron chi connectivity index (χ4n) is 1.70. The third-order valence-corrected chi connectivity index (χ3v) is 2.73. The molecule has 6 heteroatoms. The Labute approximate surface area is 94.2 Å². The maximum atomic E-state index is 13.6. The molecule has 0 aromatic heterocycles. The second kappa shape index (κ2) is 3.11. The summed E-state index contributed by atoms with van der Waals surface area (Å²) >= 11 is 0. The number of fused-ring (bicyclic) bond motifs is 1. The average Bonchev–Trinajstić information content (AvgIpc) is 2.18. The molecule has 0 aliphatic carbocycles. The molecule has 0 fully saturated rings. The van der Waals surface area contributed by atoms with E-state index in [1.54, 1.807) is 0 Å². The van der Waals surface area contributed by atoms with Crippen LogP contribution in [0, 0.1) is 6.92 Å². The first-order valence-electron chi connectivity index (χ1n) is 4.84. The van der Waals surface area contributed by atoms with Gasteiger partial charge >= 0.3 is 17.7 Å². The first-order valence-corrected chi connectivity index (χ1v) is 4.84. The lowest BCUT2D eigenvalue weighted by Gasteiger charge is -2.40. The molecule has 0 saturated heterocycles. The van der Waals surface area contributed by atoms with Crippen LogP contribution in [0.3, 0.4) is 0 Å². The van der Waals surface area contributed by atoms with Crippen molar-refractivity contribution in [3.63, 3.8) is 0 Å². The van der Waals surface area contributed by atoms with Crippen molar-refractivity contribution in [2.45, 2.75) is 31.5 Å². The van der Waals surface area contributed by atoms with Crippen molar-refractivity contribution in [2.24, 2.45) is 0 Å². The van der Waals surface area contributed by atoms with E-state index in [9.17, 15) is 22.0 Å². The fraction of sp³-hybridized carbons (Fsp3) is 0.455. The Morgan fingerprint density at radius 3 is 2.24 bits per heavy atom. The summed E-state index contributed by atoms with van der Waals surface area (Å²) in [5, 5.41) is 0. The second-order valence-electron chi connectivity index (χ2n) is 4.17. The largest absolute Gasteiger partial charge is 0.452 e. The van der Waals surface area contributed by atoms with Crippen molar-refractivity contribution >= 4 is 0 Å². The van der Waals surface area contributed by atoms with Gasteiger partial charge in [0.05, 0.1) is 5.56 Å². The van der Waals surface area contributed by atoms with Crippen LogP contribution < -0.4 is 4.74 Å². The zero-order valence-corrected chi connectivity index (χ0v) is 9.03. The number of ether oxygens (including phenoxy) is 1. The van der Waals surface area contributed by atoms with E-state index in [2.05, 4.69) is 4.74 Å². The van der Waals surface area contributed by atoms with Crippen molar-refractivity contribution in [3.8, 4) is 5.75 Å². The molecule has 1 aliphatic heterocycles. The molecule has 0 bridgehead atoms. The molecule has 17 heavy (non-hydrogen) atoms. The summed E-state index contributed by atoms with van der Waals surface area (Å²) in [5.41, 5.74) is -0.622. The van der Waals surface area contributed by atoms with Crippen LogP contribution in [0.25, 0.3) is 0 Å². The van der Waals surface area contributed by atoms with E-state index >= 15 is 0 Å². The minimum atomic E-state index is -4.92. The number of halogens is 5. The maximum Gasteiger partial charge on any atom is 0.382 e. The van der Waals surface area contributed by atoms with Gasteiger partial charge in [-0.3, -0.25) is 0 Å². The Kier molecular flexibility index (Phi) is 2.22. The molecular weight excluding hydrogens is 243 g/mol. The van der Waals surface area contributed by atoms with Crippen LogP contribution in [-0.4, -0.2) is 11.8 Å². The molecule has 1 nitrogen and oxygen atoms in total. The minimum Gasteiger partial charge on any atom is -0.452 e. The summed E-state index contributed by atoms with van der Waals surface area (Å²) in [4.78, 5) is 0. The van der Waals surface area contributed by atoms with Crippen LogP contribution in [0.15, 0.2) is 18.2 Å². The summed E-state index contributed by atoms with van der Waals surface area (Å²) < 4.78 is 71.6. The van der Waals surface area contributed by atoms with Gasteiger partial charge in [0.2, 0.25) is 0 Å². The Morgan fingerprint density at radius 1 is 1.06 bits per heavy atom. The van der Waals surface area contributed by atoms with Crippen LogP contribution in [0.4, 0.5) is 22.0 Å². The minimum absolute atomic E-state index is 0.295. The quantitative estimate of drug-likeness (QED) is 0.638. The molecule has 1 atom stereocenters. The van der Waals surface area contributed by atoms with E-state index in [4.69, 9.17) is 0 Å². The molecule has 1 aromatic carbocycles. The molecule has 2 rings (SSSR count). The van der Waals surface area contributed by atoms with Crippen molar-refractivity contribution in [2.75, 3.05) is 0 Å². The van der Waals surface area contributed by atoms with E-state index < -0.39 is 29.0 Å². The van der Waals surface area contributed by atoms with Crippen LogP contribution >= 0.6 is 0 Å². The maximum absolute atomic E-state index is 13.6. The van der Waals surface area contributed by atoms with Gasteiger partial charge in [0.1, 0.15) is 5.75 Å². The van der Waals surface area contributed by atoms with Gasteiger partial charge < -0.3 is 4.74 Å². The summed E-state index contributed by atoms with van der Waals surface area (Å²) in [6, 6.07) is 3.32. The summed E-state index contributed by atoms with van der Waals surface area (Å²) in [7, 11) is 0. The molecule has 94 valence electrons. The van der Waals surface area contributed by atoms with Crippen LogP contribution in [0.5, 0.6) is 5.75 Å². The highest BCUT2D eigenvalue weighted by Crippen LogP contribution is 2.56. The third-order valence-electron chi connectivity index (χ3n) is 2.73. The van der Waals surface area contributed by atoms with E-state index in [0.29, 0.717) is 12.5 Å². The molecule has 0 spiro atoms. The molecule has 0 N–H and O–H groups in total. The normalized spacial score (nSPS) is 29.4. The molecule has 1 aromatic rings. The number of aryl methyl sites for hydroxylation is 1. The third kappa shape index (κ3) is 1.42. The zero-order valence-electron chi connectivity index (χ0n) is 9.03. The molecule has 0 radical (unpaired) electrons. The van der Waals surface area contributed by atoms with E-state index in [1.165, 1.54) is 13.0 Å². The fourth-order valence-corrected chi connectivity index (χ4v) is 1.70. The first-order chi connectivity index (χ1) is 7.59. The summed E-state index contributed by atoms with van der Waals surface area (Å²) in [6.07, 6.45) is 0. The van der Waals surface area contributed by atoms with Gasteiger partial charge in [-0.25, -0.2) is 0 Å². The highest BCUT2D eigenvalue weighted by molar-refractivity contribution is 5.44. The Hall–Kier alpha value is -1.33. The lowest BCUT2D eigenvalue weighted by atomic mass is 9.92. The highest BCUT2D eigenvalue weighted by atomic mass is 19.3. The Morgan fingerprint density at radius 2 is 1.65 bits per heavy atom. The van der Waals surface area contributed by atoms with Crippen molar-refractivity contribution in [3.05, 3.63) is 29.3 Å². The van der Waals surface area contributed by atoms with Crippen LogP contribution in [0.1, 0.15) is 18.1 Å². The second-order valence-corrected chi connectivity index (χ2v) is 4.17. The van der Waals surface area contributed by atoms with E-state index in [1.807, 2.05) is 0 Å². The smallest absolute Gasteiger partial charge is 0.382 e. The van der Waals surface area contributed by atoms with E-state index in [-0.39, 0.29) is 0 Å². The van der Waals surface area contributed by atoms with Crippen molar-refractivity contribution < 1.29 is 26.7 Å². The predicted molar refractivity (Wildman–Crippen MR) is 50.2 cm³/mol. The van der Waals surface area contributed by atoms with Crippen molar-refractivity contribution in [1.29, 1.82) is 0 Å². The average molecular weight is 252 g/mol. The number of alkyl halides is 5. The predicted octanol–water partition coefficient (Wildman–Crippen LogP) is 3.80. The number of benzene rings is 1. The van der Waals surface area contributed by atoms with Gasteiger partial charge in [-0.15, -0.1) is 0 Å². The van der Waals surface area contributed by atoms with Crippen LogP contribution in [0.2, 0.25) is 0 Å². The topological polar surface area (TPSA) is 9.23 Å². The molecule has 0 amide bonds. The lowest BCUT2D eigenvalue weighted by molar-refractivity contribution is -0.336. The molecule has 1 aliphatic rings. The van der Waals surface area contributed by atoms with Crippen LogP contribution in [-0.2, 0) is 5.92 Å².